The highest BCUT2D eigenvalue weighted by Gasteiger charge is 2.98. The van der Waals surface area contributed by atoms with E-state index in [0.29, 0.717) is 0 Å². The maximum Gasteiger partial charge on any atom is 0.431 e. The molecule has 0 aromatic rings. The number of hydrogen-bond acceptors (Lipinski definition) is 1. The third kappa shape index (κ3) is 1.25. The molecule has 1 fully saturated rings. The van der Waals surface area contributed by atoms with Crippen LogP contribution < -0.4 is 0 Å². The maximum atomic E-state index is 12.7. The summed E-state index contributed by atoms with van der Waals surface area (Å²) in [4.78, 5) is 0. The average molecular weight is 282 g/mol. The quantitative estimate of drug-likeness (QED) is 0.489. The fourth-order valence-electron chi connectivity index (χ4n) is 1.11. The van der Waals surface area contributed by atoms with E-state index in [0.717, 1.165) is 0 Å². The lowest BCUT2D eigenvalue weighted by atomic mass is 9.88. The van der Waals surface area contributed by atoms with E-state index >= 15 is 0 Å². The van der Waals surface area contributed by atoms with Crippen LogP contribution in [0.2, 0.25) is 0 Å². The van der Waals surface area contributed by atoms with E-state index in [1.165, 1.54) is 0 Å². The van der Waals surface area contributed by atoms with Crippen LogP contribution in [0.5, 0.6) is 0 Å². The minimum atomic E-state index is -6.47. The summed E-state index contributed by atoms with van der Waals surface area (Å²) >= 11 is 4.01. The fraction of sp³-hybridized carbons (Fsp3) is 1.00. The summed E-state index contributed by atoms with van der Waals surface area (Å²) in [5, 5.41) is -5.43. The fourth-order valence-corrected chi connectivity index (χ4v) is 1.40. The Morgan fingerprint density at radius 2 is 1.12 bits per heavy atom. The van der Waals surface area contributed by atoms with Crippen LogP contribution in [0.15, 0.2) is 0 Å². The van der Waals surface area contributed by atoms with Gasteiger partial charge in [-0.05, 0) is 0 Å². The van der Waals surface area contributed by atoms with Crippen LogP contribution in [0.4, 0.5) is 39.5 Å². The van der Waals surface area contributed by atoms with Crippen molar-refractivity contribution in [3.05, 3.63) is 0 Å². The standard InChI is InChI=1S/C5ClF9O/c6-2(7)1(3(8,9)10,4(11,12)13)16-5(2,14)15/t2-/m0/s1. The molecule has 0 spiro atoms. The summed E-state index contributed by atoms with van der Waals surface area (Å²) in [6, 6.07) is 0. The molecule has 0 unspecified atom stereocenters. The van der Waals surface area contributed by atoms with Crippen molar-refractivity contribution in [2.45, 2.75) is 29.2 Å². The Bertz CT molecular complexity index is 288. The molecule has 0 aromatic heterocycles. The number of ether oxygens (including phenoxy) is 1. The lowest BCUT2D eigenvalue weighted by molar-refractivity contribution is -0.554. The molecule has 1 saturated heterocycles. The highest BCUT2D eigenvalue weighted by Crippen LogP contribution is 2.68. The molecule has 0 aromatic carbocycles. The Morgan fingerprint density at radius 1 is 0.812 bits per heavy atom. The van der Waals surface area contributed by atoms with E-state index in [-0.39, 0.29) is 0 Å². The van der Waals surface area contributed by atoms with E-state index in [1.807, 2.05) is 0 Å². The third-order valence-electron chi connectivity index (χ3n) is 1.89. The summed E-state index contributed by atoms with van der Waals surface area (Å²) in [7, 11) is 0. The SMILES string of the molecule is FC(F)(F)C1(C(F)(F)F)OC(F)(F)[C@]1(F)Cl. The van der Waals surface area contributed by atoms with Crippen molar-refractivity contribution in [1.82, 2.24) is 0 Å². The van der Waals surface area contributed by atoms with Gasteiger partial charge in [-0.2, -0.15) is 35.1 Å². The summed E-state index contributed by atoms with van der Waals surface area (Å²) in [6.07, 6.45) is -18.3. The van der Waals surface area contributed by atoms with Crippen molar-refractivity contribution in [3.63, 3.8) is 0 Å². The van der Waals surface area contributed by atoms with Crippen LogP contribution in [0, 0.1) is 0 Å². The number of halogens is 10. The second-order valence-corrected chi connectivity index (χ2v) is 3.39. The topological polar surface area (TPSA) is 9.23 Å². The first-order valence-corrected chi connectivity index (χ1v) is 3.68. The second kappa shape index (κ2) is 2.89. The molecular formula is C5ClF9O. The Hall–Kier alpha value is -0.380. The average Bonchev–Trinajstić information content (AvgIpc) is 1.94. The highest BCUT2D eigenvalue weighted by atomic mass is 35.5. The Labute approximate surface area is 86.1 Å². The molecule has 1 aliphatic heterocycles. The van der Waals surface area contributed by atoms with Crippen molar-refractivity contribution < 1.29 is 44.3 Å². The van der Waals surface area contributed by atoms with E-state index in [2.05, 4.69) is 16.3 Å². The van der Waals surface area contributed by atoms with Gasteiger partial charge in [-0.1, -0.05) is 11.6 Å². The van der Waals surface area contributed by atoms with Gasteiger partial charge in [0.1, 0.15) is 0 Å². The molecule has 0 saturated carbocycles. The normalized spacial score (nSPS) is 33.4. The van der Waals surface area contributed by atoms with Crippen LogP contribution in [0.3, 0.4) is 0 Å². The number of hydrogen-bond donors (Lipinski definition) is 0. The van der Waals surface area contributed by atoms with Gasteiger partial charge < -0.3 is 0 Å². The molecule has 0 radical (unpaired) electrons. The summed E-state index contributed by atoms with van der Waals surface area (Å²) in [6.45, 7) is 0. The van der Waals surface area contributed by atoms with E-state index in [9.17, 15) is 39.5 Å². The lowest BCUT2D eigenvalue weighted by Crippen LogP contribution is -2.84. The Kier molecular flexibility index (Phi) is 2.47. The van der Waals surface area contributed by atoms with Crippen LogP contribution in [0.1, 0.15) is 0 Å². The predicted octanol–water partition coefficient (Wildman–Crippen LogP) is 3.38. The van der Waals surface area contributed by atoms with Gasteiger partial charge in [0.15, 0.2) is 0 Å². The van der Waals surface area contributed by atoms with E-state index < -0.39 is 29.2 Å². The molecule has 1 heterocycles. The van der Waals surface area contributed by atoms with Gasteiger partial charge in [0, 0.05) is 0 Å². The van der Waals surface area contributed by atoms with Gasteiger partial charge in [-0.25, -0.2) is 4.39 Å². The molecule has 0 amide bonds. The third-order valence-corrected chi connectivity index (χ3v) is 2.37. The largest absolute Gasteiger partial charge is 0.431 e. The van der Waals surface area contributed by atoms with Crippen LogP contribution in [-0.4, -0.2) is 29.2 Å². The molecule has 0 aliphatic carbocycles. The molecule has 11 heteroatoms. The van der Waals surface area contributed by atoms with Gasteiger partial charge in [0.25, 0.3) is 0 Å². The van der Waals surface area contributed by atoms with E-state index in [1.54, 1.807) is 0 Å². The summed E-state index contributed by atoms with van der Waals surface area (Å²) < 4.78 is 111. The molecule has 16 heavy (non-hydrogen) atoms. The first-order valence-electron chi connectivity index (χ1n) is 3.30. The van der Waals surface area contributed by atoms with Gasteiger partial charge in [0.05, 0.1) is 0 Å². The van der Waals surface area contributed by atoms with Crippen molar-refractivity contribution in [2.75, 3.05) is 0 Å². The minimum absolute atomic E-state index is 2.37. The number of alkyl halides is 10. The van der Waals surface area contributed by atoms with Gasteiger partial charge in [0.2, 0.25) is 0 Å². The molecule has 0 bridgehead atoms. The first-order chi connectivity index (χ1) is 6.71. The summed E-state index contributed by atoms with van der Waals surface area (Å²) in [5.74, 6) is 0. The molecule has 0 N–H and O–H groups in total. The smallest absolute Gasteiger partial charge is 0.287 e. The number of rotatable bonds is 0. The zero-order chi connectivity index (χ0) is 13.2. The minimum Gasteiger partial charge on any atom is -0.287 e. The molecular weight excluding hydrogens is 282 g/mol. The highest BCUT2D eigenvalue weighted by molar-refractivity contribution is 6.25. The molecule has 1 atom stereocenters. The van der Waals surface area contributed by atoms with Crippen LogP contribution in [0.25, 0.3) is 0 Å². The first kappa shape index (κ1) is 13.7. The molecule has 1 rings (SSSR count). The zero-order valence-corrected chi connectivity index (χ0v) is 7.44. The van der Waals surface area contributed by atoms with Crippen molar-refractivity contribution in [2.24, 2.45) is 0 Å². The van der Waals surface area contributed by atoms with Crippen molar-refractivity contribution in [3.8, 4) is 0 Å². The van der Waals surface area contributed by atoms with Crippen LogP contribution in [-0.2, 0) is 4.74 Å². The molecule has 96 valence electrons. The van der Waals surface area contributed by atoms with E-state index in [4.69, 9.17) is 0 Å². The Balaban J connectivity index is 3.35. The maximum absolute atomic E-state index is 12.7. The zero-order valence-electron chi connectivity index (χ0n) is 6.69. The lowest BCUT2D eigenvalue weighted by Gasteiger charge is -2.54. The summed E-state index contributed by atoms with van der Waals surface area (Å²) in [5.41, 5.74) is -5.72. The van der Waals surface area contributed by atoms with Crippen molar-refractivity contribution >= 4 is 11.6 Å². The van der Waals surface area contributed by atoms with Gasteiger partial charge in [-0.15, -0.1) is 0 Å². The molecule has 1 nitrogen and oxygen atoms in total. The Morgan fingerprint density at radius 3 is 1.19 bits per heavy atom. The van der Waals surface area contributed by atoms with Gasteiger partial charge in [-0.3, -0.25) is 4.74 Å². The second-order valence-electron chi connectivity index (χ2n) is 2.87. The van der Waals surface area contributed by atoms with Crippen LogP contribution >= 0.6 is 11.6 Å². The molecule has 1 aliphatic rings. The van der Waals surface area contributed by atoms with Gasteiger partial charge >= 0.3 is 29.2 Å². The van der Waals surface area contributed by atoms with Crippen molar-refractivity contribution in [1.29, 1.82) is 0 Å². The predicted molar refractivity (Wildman–Crippen MR) is 30.6 cm³/mol. The monoisotopic (exact) mass is 282 g/mol.